The molecule has 2 aromatic heterocycles. The van der Waals surface area contributed by atoms with Crippen LogP contribution in [0.2, 0.25) is 0 Å². The minimum Gasteiger partial charge on any atom is -0.642 e. The first-order valence-corrected chi connectivity index (χ1v) is 3.64. The van der Waals surface area contributed by atoms with Gasteiger partial charge in [0.15, 0.2) is 0 Å². The molecule has 0 aliphatic carbocycles. The average molecular weight is 160 g/mol. The number of aromatic amines is 2. The number of hydrogen-bond acceptors (Lipinski definition) is 0. The minimum atomic E-state index is 0.637. The Morgan fingerprint density at radius 2 is 1.50 bits per heavy atom. The molecule has 60 valence electrons. The predicted molar refractivity (Wildman–Crippen MR) is 46.4 cm³/mol. The summed E-state index contributed by atoms with van der Waals surface area (Å²) >= 11 is 0. The van der Waals surface area contributed by atoms with Crippen LogP contribution in [0.1, 0.15) is 0 Å². The predicted octanol–water partition coefficient (Wildman–Crippen LogP) is 2.20. The number of rotatable bonds is 2. The number of H-pyrrole nitrogens is 2. The molecule has 0 spiro atoms. The first-order chi connectivity index (χ1) is 5.88. The van der Waals surface area contributed by atoms with Gasteiger partial charge in [0.1, 0.15) is 0 Å². The summed E-state index contributed by atoms with van der Waals surface area (Å²) in [5.74, 6) is 1.27. The van der Waals surface area contributed by atoms with Crippen molar-refractivity contribution in [3.05, 3.63) is 42.2 Å². The molecule has 0 saturated carbocycles. The van der Waals surface area contributed by atoms with Crippen LogP contribution in [0.4, 0.5) is 11.6 Å². The van der Waals surface area contributed by atoms with Gasteiger partial charge in [-0.2, -0.15) is 0 Å². The van der Waals surface area contributed by atoms with E-state index in [0.717, 1.165) is 4.70 Å². The molecule has 12 heavy (non-hydrogen) atoms. The van der Waals surface area contributed by atoms with Crippen LogP contribution in [0, 0.1) is 0 Å². The van der Waals surface area contributed by atoms with Gasteiger partial charge < -0.3 is 10.2 Å². The van der Waals surface area contributed by atoms with E-state index in [2.05, 4.69) is 9.97 Å². The summed E-state index contributed by atoms with van der Waals surface area (Å²) in [6, 6.07) is 7.20. The summed E-state index contributed by atoms with van der Waals surface area (Å²) < 4.78 is 1.06. The van der Waals surface area contributed by atoms with Crippen molar-refractivity contribution in [2.24, 2.45) is 0 Å². The summed E-state index contributed by atoms with van der Waals surface area (Å²) in [7, 11) is 0. The fourth-order valence-corrected chi connectivity index (χ4v) is 1.03. The van der Waals surface area contributed by atoms with Crippen molar-refractivity contribution in [3.63, 3.8) is 0 Å². The molecule has 0 atom stereocenters. The van der Waals surface area contributed by atoms with E-state index in [-0.39, 0.29) is 0 Å². The zero-order valence-electron chi connectivity index (χ0n) is 6.36. The molecule has 0 bridgehead atoms. The summed E-state index contributed by atoms with van der Waals surface area (Å²) in [5.41, 5.74) is 9.54. The molecular weight excluding hydrogens is 152 g/mol. The van der Waals surface area contributed by atoms with Crippen molar-refractivity contribution in [1.29, 1.82) is 0 Å². The Hall–Kier alpha value is -1.84. The van der Waals surface area contributed by atoms with Crippen molar-refractivity contribution >= 4 is 11.6 Å². The van der Waals surface area contributed by atoms with Crippen LogP contribution in [0.3, 0.4) is 0 Å². The molecule has 2 N–H and O–H groups in total. The number of hydrogen-bond donors (Lipinski definition) is 2. The maximum Gasteiger partial charge on any atom is 0.213 e. The number of aromatic nitrogens is 2. The highest BCUT2D eigenvalue weighted by atomic mass is 15.3. The van der Waals surface area contributed by atoms with Gasteiger partial charge in [0, 0.05) is 12.1 Å². The lowest BCUT2D eigenvalue weighted by atomic mass is 10.5. The van der Waals surface area contributed by atoms with Crippen LogP contribution < -0.4 is 4.70 Å². The highest BCUT2D eigenvalue weighted by Crippen LogP contribution is 2.14. The zero-order valence-corrected chi connectivity index (χ0v) is 6.36. The van der Waals surface area contributed by atoms with Crippen molar-refractivity contribution in [1.82, 2.24) is 14.7 Å². The fourth-order valence-electron chi connectivity index (χ4n) is 1.03. The molecule has 4 nitrogen and oxygen atoms in total. The third-order valence-electron chi connectivity index (χ3n) is 1.62. The molecule has 0 radical (unpaired) electrons. The monoisotopic (exact) mass is 160 g/mol. The van der Waals surface area contributed by atoms with Crippen molar-refractivity contribution in [2.45, 2.75) is 0 Å². The Bertz CT molecular complexity index is 321. The topological polar surface area (TPSA) is 56.9 Å². The summed E-state index contributed by atoms with van der Waals surface area (Å²) in [6.07, 6.45) is 3.50. The van der Waals surface area contributed by atoms with Gasteiger partial charge in [-0.1, -0.05) is 0 Å². The van der Waals surface area contributed by atoms with E-state index >= 15 is 0 Å². The van der Waals surface area contributed by atoms with Gasteiger partial charge in [-0.05, 0) is 12.1 Å². The second-order valence-corrected chi connectivity index (χ2v) is 2.42. The maximum atomic E-state index is 9.54. The third kappa shape index (κ3) is 1.03. The fraction of sp³-hybridized carbons (Fsp3) is 0. The van der Waals surface area contributed by atoms with Gasteiger partial charge in [0.25, 0.3) is 0 Å². The molecular formula is C8H8N4. The quantitative estimate of drug-likeness (QED) is 0.500. The van der Waals surface area contributed by atoms with Gasteiger partial charge in [-0.3, -0.25) is 9.97 Å². The third-order valence-corrected chi connectivity index (χ3v) is 1.62. The Morgan fingerprint density at radius 1 is 1.00 bits per heavy atom. The number of nitrogens with zero attached hydrogens (tertiary/aromatic N) is 2. The van der Waals surface area contributed by atoms with Gasteiger partial charge in [-0.25, -0.2) is 0 Å². The average Bonchev–Trinajstić information content (AvgIpc) is 2.77. The Balaban J connectivity index is 2.34. The molecule has 4 heteroatoms. The second kappa shape index (κ2) is 2.65. The minimum absolute atomic E-state index is 0.637. The largest absolute Gasteiger partial charge is 0.642 e. The number of nitrogens with one attached hydrogen (secondary N) is 2. The Labute approximate surface area is 69.4 Å². The molecule has 0 saturated heterocycles. The van der Waals surface area contributed by atoms with Crippen molar-refractivity contribution in [3.8, 4) is 0 Å². The van der Waals surface area contributed by atoms with Gasteiger partial charge in [0.05, 0.1) is 12.4 Å². The van der Waals surface area contributed by atoms with E-state index in [0.29, 0.717) is 11.6 Å². The van der Waals surface area contributed by atoms with E-state index in [1.165, 1.54) is 0 Å². The van der Waals surface area contributed by atoms with Crippen LogP contribution in [0.5, 0.6) is 0 Å². The lowest BCUT2D eigenvalue weighted by Crippen LogP contribution is -1.96. The molecule has 0 aliphatic rings. The molecule has 0 fully saturated rings. The van der Waals surface area contributed by atoms with Crippen molar-refractivity contribution < 1.29 is 0 Å². The van der Waals surface area contributed by atoms with E-state index in [1.807, 2.05) is 12.1 Å². The Morgan fingerprint density at radius 3 is 1.83 bits per heavy atom. The second-order valence-electron chi connectivity index (χ2n) is 2.42. The Kier molecular flexibility index (Phi) is 1.51. The lowest BCUT2D eigenvalue weighted by molar-refractivity contribution is 0.976. The zero-order chi connectivity index (χ0) is 8.39. The SMILES string of the molecule is [N-]=[N+](c1ccc[nH]1)c1ccc[nH]1. The van der Waals surface area contributed by atoms with Crippen LogP contribution in [-0.4, -0.2) is 9.97 Å². The van der Waals surface area contributed by atoms with E-state index in [4.69, 9.17) is 0 Å². The summed E-state index contributed by atoms with van der Waals surface area (Å²) in [4.78, 5) is 5.76. The van der Waals surface area contributed by atoms with E-state index in [9.17, 15) is 5.53 Å². The van der Waals surface area contributed by atoms with Crippen molar-refractivity contribution in [2.75, 3.05) is 0 Å². The molecule has 0 amide bonds. The first kappa shape index (κ1) is 6.84. The molecule has 0 aliphatic heterocycles. The van der Waals surface area contributed by atoms with Crippen LogP contribution in [0.25, 0.3) is 5.53 Å². The van der Waals surface area contributed by atoms with E-state index in [1.54, 1.807) is 24.5 Å². The normalized spacial score (nSPS) is 10.0. The summed E-state index contributed by atoms with van der Waals surface area (Å²) in [5, 5.41) is 0. The van der Waals surface area contributed by atoms with Crippen LogP contribution in [0.15, 0.2) is 36.7 Å². The molecule has 2 aromatic rings. The van der Waals surface area contributed by atoms with Crippen LogP contribution >= 0.6 is 0 Å². The van der Waals surface area contributed by atoms with Crippen LogP contribution in [-0.2, 0) is 0 Å². The smallest absolute Gasteiger partial charge is 0.213 e. The summed E-state index contributed by atoms with van der Waals surface area (Å²) in [6.45, 7) is 0. The standard InChI is InChI=1S/C8H8N4/c9-12(7-3-1-5-10-7)8-4-2-6-11-8/h1-6,10-11H. The highest BCUT2D eigenvalue weighted by molar-refractivity contribution is 5.41. The molecule has 0 unspecified atom stereocenters. The molecule has 0 aromatic carbocycles. The van der Waals surface area contributed by atoms with Gasteiger partial charge in [-0.15, -0.1) is 0 Å². The molecule has 2 rings (SSSR count). The van der Waals surface area contributed by atoms with Gasteiger partial charge >= 0.3 is 0 Å². The first-order valence-electron chi connectivity index (χ1n) is 3.64. The van der Waals surface area contributed by atoms with Gasteiger partial charge in [0.2, 0.25) is 11.6 Å². The molecule has 2 heterocycles. The maximum absolute atomic E-state index is 9.54. The highest BCUT2D eigenvalue weighted by Gasteiger charge is 2.01. The lowest BCUT2D eigenvalue weighted by Gasteiger charge is -2.04. The van der Waals surface area contributed by atoms with E-state index < -0.39 is 0 Å².